The Labute approximate surface area is 205 Å². The van der Waals surface area contributed by atoms with Crippen LogP contribution in [0.5, 0.6) is 0 Å². The normalized spacial score (nSPS) is 29.4. The van der Waals surface area contributed by atoms with Gasteiger partial charge in [0.25, 0.3) is 0 Å². The number of piperidine rings is 1. The Morgan fingerprint density at radius 1 is 1.15 bits per heavy atom. The second-order valence-electron chi connectivity index (χ2n) is 9.18. The number of hydrogen-bond donors (Lipinski definition) is 1. The molecule has 184 valence electrons. The molecule has 8 nitrogen and oxygen atoms in total. The monoisotopic (exact) mass is 516 g/mol. The zero-order valence-electron chi connectivity index (χ0n) is 18.8. The number of allylic oxidation sites excluding steroid dienone is 2. The van der Waals surface area contributed by atoms with Crippen LogP contribution in [0.3, 0.4) is 0 Å². The summed E-state index contributed by atoms with van der Waals surface area (Å²) in [5.41, 5.74) is 0. The molecule has 0 spiro atoms. The molecule has 4 rings (SSSR count). The van der Waals surface area contributed by atoms with Crippen LogP contribution in [0.1, 0.15) is 44.9 Å². The summed E-state index contributed by atoms with van der Waals surface area (Å²) in [5.74, 6) is -0.355. The smallest absolute Gasteiger partial charge is 0.242 e. The third kappa shape index (κ3) is 6.75. The van der Waals surface area contributed by atoms with Crippen LogP contribution in [-0.2, 0) is 19.6 Å². The summed E-state index contributed by atoms with van der Waals surface area (Å²) in [6, 6.07) is -0.628. The molecule has 0 aliphatic carbocycles. The van der Waals surface area contributed by atoms with Crippen molar-refractivity contribution in [1.29, 1.82) is 0 Å². The quantitative estimate of drug-likeness (QED) is 0.497. The van der Waals surface area contributed by atoms with Crippen molar-refractivity contribution in [2.45, 2.75) is 61.7 Å². The van der Waals surface area contributed by atoms with Gasteiger partial charge >= 0.3 is 0 Å². The number of hydrogen-bond acceptors (Lipinski definition) is 6. The first-order valence-electron chi connectivity index (χ1n) is 11.8. The zero-order chi connectivity index (χ0) is 23.4. The van der Waals surface area contributed by atoms with Crippen molar-refractivity contribution in [1.82, 2.24) is 19.4 Å². The van der Waals surface area contributed by atoms with E-state index in [1.165, 1.54) is 35.6 Å². The van der Waals surface area contributed by atoms with Crippen LogP contribution in [0.2, 0.25) is 0 Å². The molecule has 3 saturated heterocycles. The van der Waals surface area contributed by atoms with Gasteiger partial charge in [-0.2, -0.15) is 4.72 Å². The van der Waals surface area contributed by atoms with Gasteiger partial charge in [0.2, 0.25) is 21.8 Å². The highest BCUT2D eigenvalue weighted by atomic mass is 35.5. The fraction of sp³-hybridized carbons (Fsp3) is 0.727. The minimum absolute atomic E-state index is 0.0179. The maximum absolute atomic E-state index is 13.1. The molecule has 1 unspecified atom stereocenters. The van der Waals surface area contributed by atoms with Crippen molar-refractivity contribution in [2.24, 2.45) is 0 Å². The van der Waals surface area contributed by atoms with Crippen molar-refractivity contribution >= 4 is 45.2 Å². The van der Waals surface area contributed by atoms with Gasteiger partial charge in [0.05, 0.1) is 11.3 Å². The molecule has 33 heavy (non-hydrogen) atoms. The molecule has 2 amide bonds. The van der Waals surface area contributed by atoms with Crippen molar-refractivity contribution in [3.05, 3.63) is 22.5 Å². The number of thioether (sulfide) groups is 1. The van der Waals surface area contributed by atoms with Crippen LogP contribution in [0, 0.1) is 0 Å². The second-order valence-corrected chi connectivity index (χ2v) is 12.8. The summed E-state index contributed by atoms with van der Waals surface area (Å²) < 4.78 is 27.5. The first-order chi connectivity index (χ1) is 15.8. The minimum Gasteiger partial charge on any atom is -0.337 e. The van der Waals surface area contributed by atoms with Gasteiger partial charge in [-0.05, 0) is 64.1 Å². The fourth-order valence-electron chi connectivity index (χ4n) is 5.03. The van der Waals surface area contributed by atoms with Crippen LogP contribution >= 0.6 is 23.4 Å². The molecular weight excluding hydrogens is 484 g/mol. The number of rotatable bonds is 8. The highest BCUT2D eigenvalue weighted by Crippen LogP contribution is 2.35. The topological polar surface area (TPSA) is 90.0 Å². The molecule has 1 N–H and O–H groups in total. The van der Waals surface area contributed by atoms with Gasteiger partial charge in [0.15, 0.2) is 0 Å². The molecule has 0 aromatic rings. The lowest BCUT2D eigenvalue weighted by molar-refractivity contribution is -0.143. The number of alkyl halides is 1. The number of sulfonamides is 1. The lowest BCUT2D eigenvalue weighted by atomic mass is 10.1. The van der Waals surface area contributed by atoms with Crippen molar-refractivity contribution < 1.29 is 18.0 Å². The highest BCUT2D eigenvalue weighted by molar-refractivity contribution is 8.05. The summed E-state index contributed by atoms with van der Waals surface area (Å²) >= 11 is 7.42. The average Bonchev–Trinajstić information content (AvgIpc) is 3.52. The Bertz CT molecular complexity index is 904. The van der Waals surface area contributed by atoms with Gasteiger partial charge in [-0.15, -0.1) is 23.4 Å². The highest BCUT2D eigenvalue weighted by Gasteiger charge is 2.36. The number of carbonyl (C=O) groups excluding carboxylic acids is 2. The summed E-state index contributed by atoms with van der Waals surface area (Å²) in [5, 5.41) is 1.09. The standard InChI is InChI=1S/C22H33ClN4O4S2/c23-20-8-7-18(32-20)9-14-33(30,31)24-19-6-4-12-26(22(19)29)16-21(28)27-13-3-5-17(27)15-25-10-1-2-11-25/h7,9,14,17,19-20,24H,1-6,8,10-13,15-16H2/b14-9+/t17-,19-,20?/m0/s1. The average molecular weight is 517 g/mol. The molecule has 0 radical (unpaired) electrons. The minimum atomic E-state index is -3.79. The van der Waals surface area contributed by atoms with Gasteiger partial charge < -0.3 is 14.7 Å². The van der Waals surface area contributed by atoms with E-state index >= 15 is 0 Å². The van der Waals surface area contributed by atoms with Crippen LogP contribution in [0.15, 0.2) is 22.5 Å². The third-order valence-electron chi connectivity index (χ3n) is 6.71. The van der Waals surface area contributed by atoms with Crippen LogP contribution in [0.25, 0.3) is 0 Å². The first-order valence-corrected chi connectivity index (χ1v) is 14.7. The first kappa shape index (κ1) is 25.0. The largest absolute Gasteiger partial charge is 0.337 e. The number of amides is 2. The molecule has 3 fully saturated rings. The molecule has 11 heteroatoms. The Kier molecular flexibility index (Phi) is 8.43. The second kappa shape index (κ2) is 11.1. The van der Waals surface area contributed by atoms with E-state index in [2.05, 4.69) is 9.62 Å². The lowest BCUT2D eigenvalue weighted by Crippen LogP contribution is -2.55. The van der Waals surface area contributed by atoms with E-state index in [1.54, 1.807) is 0 Å². The summed E-state index contributed by atoms with van der Waals surface area (Å²) in [7, 11) is -3.79. The molecule has 4 heterocycles. The molecule has 0 aromatic carbocycles. The maximum atomic E-state index is 13.1. The van der Waals surface area contributed by atoms with Crippen LogP contribution < -0.4 is 4.72 Å². The zero-order valence-corrected chi connectivity index (χ0v) is 21.2. The van der Waals surface area contributed by atoms with Gasteiger partial charge in [-0.3, -0.25) is 9.59 Å². The van der Waals surface area contributed by atoms with E-state index in [4.69, 9.17) is 11.6 Å². The van der Waals surface area contributed by atoms with Gasteiger partial charge in [-0.1, -0.05) is 6.08 Å². The number of nitrogens with zero attached hydrogens (tertiary/aromatic N) is 3. The Balaban J connectivity index is 1.31. The molecule has 4 aliphatic rings. The Morgan fingerprint density at radius 2 is 1.91 bits per heavy atom. The van der Waals surface area contributed by atoms with E-state index in [0.29, 0.717) is 25.8 Å². The number of likely N-dealkylation sites (tertiary alicyclic amines) is 3. The summed E-state index contributed by atoms with van der Waals surface area (Å²) in [4.78, 5) is 32.7. The molecule has 4 aliphatic heterocycles. The Hall–Kier alpha value is -1.07. The van der Waals surface area contributed by atoms with Crippen LogP contribution in [-0.4, -0.2) is 91.0 Å². The van der Waals surface area contributed by atoms with Gasteiger partial charge in [-0.25, -0.2) is 8.42 Å². The summed E-state index contributed by atoms with van der Waals surface area (Å²) in [6.07, 6.45) is 9.62. The van der Waals surface area contributed by atoms with E-state index < -0.39 is 16.1 Å². The van der Waals surface area contributed by atoms with Crippen molar-refractivity contribution in [2.75, 3.05) is 39.3 Å². The van der Waals surface area contributed by atoms with Gasteiger partial charge in [0, 0.05) is 36.0 Å². The summed E-state index contributed by atoms with van der Waals surface area (Å²) in [6.45, 7) is 4.34. The fourth-order valence-corrected chi connectivity index (χ4v) is 7.36. The number of halogens is 1. The van der Waals surface area contributed by atoms with E-state index in [9.17, 15) is 18.0 Å². The molecule has 0 aromatic heterocycles. The number of carbonyl (C=O) groups is 2. The van der Waals surface area contributed by atoms with Crippen molar-refractivity contribution in [3.63, 3.8) is 0 Å². The third-order valence-corrected chi connectivity index (χ3v) is 9.28. The lowest BCUT2D eigenvalue weighted by Gasteiger charge is -2.34. The predicted octanol–water partition coefficient (Wildman–Crippen LogP) is 2.08. The van der Waals surface area contributed by atoms with E-state index in [-0.39, 0.29) is 29.1 Å². The van der Waals surface area contributed by atoms with E-state index in [0.717, 1.165) is 49.3 Å². The maximum Gasteiger partial charge on any atom is 0.242 e. The SMILES string of the molecule is O=C1[C@@H](NS(=O)(=O)/C=C/C2=CCC(Cl)S2)CCCN1CC(=O)N1CCC[C@H]1CN1CCCC1. The molecule has 3 atom stereocenters. The molecular formula is C22H33ClN4O4S2. The Morgan fingerprint density at radius 3 is 2.64 bits per heavy atom. The van der Waals surface area contributed by atoms with E-state index in [1.807, 2.05) is 11.0 Å². The van der Waals surface area contributed by atoms with Crippen molar-refractivity contribution in [3.8, 4) is 0 Å². The van der Waals surface area contributed by atoms with Crippen LogP contribution in [0.4, 0.5) is 0 Å². The predicted molar refractivity (Wildman–Crippen MR) is 131 cm³/mol. The molecule has 0 saturated carbocycles. The number of nitrogens with one attached hydrogen (secondary N) is 1. The molecule has 0 bridgehead atoms. The van der Waals surface area contributed by atoms with Gasteiger partial charge in [0.1, 0.15) is 6.04 Å².